The maximum absolute atomic E-state index is 12.0. The van der Waals surface area contributed by atoms with Crippen LogP contribution in [0.25, 0.3) is 0 Å². The highest BCUT2D eigenvalue weighted by Gasteiger charge is 2.51. The molecule has 1 spiro atoms. The summed E-state index contributed by atoms with van der Waals surface area (Å²) in [6.45, 7) is 11.6. The highest BCUT2D eigenvalue weighted by Crippen LogP contribution is 2.41. The van der Waals surface area contributed by atoms with Crippen molar-refractivity contribution in [2.45, 2.75) is 45.4 Å². The molecule has 0 atom stereocenters. The molecule has 0 saturated carbocycles. The highest BCUT2D eigenvalue weighted by molar-refractivity contribution is 7.89. The lowest BCUT2D eigenvalue weighted by atomic mass is 9.81. The van der Waals surface area contributed by atoms with Crippen LogP contribution in [0.2, 0.25) is 0 Å². The van der Waals surface area contributed by atoms with E-state index in [-0.39, 0.29) is 10.7 Å². The van der Waals surface area contributed by atoms with Crippen molar-refractivity contribution in [1.82, 2.24) is 9.21 Å². The molecule has 0 unspecified atom stereocenters. The first-order valence-corrected chi connectivity index (χ1v) is 8.00. The first-order chi connectivity index (χ1) is 7.77. The Hall–Kier alpha value is -0.130. The highest BCUT2D eigenvalue weighted by atomic mass is 32.2. The quantitative estimate of drug-likeness (QED) is 0.764. The minimum Gasteiger partial charge on any atom is -0.300 e. The SMILES string of the molecule is CC(C)N1CCC2(C1)CN(S(=O)(=O)C(C)C)C2. The van der Waals surface area contributed by atoms with E-state index in [1.54, 1.807) is 18.2 Å². The van der Waals surface area contributed by atoms with Crippen LogP contribution in [0.4, 0.5) is 0 Å². The monoisotopic (exact) mass is 260 g/mol. The van der Waals surface area contributed by atoms with Crippen LogP contribution in [0.1, 0.15) is 34.1 Å². The van der Waals surface area contributed by atoms with Crippen LogP contribution in [-0.2, 0) is 10.0 Å². The van der Waals surface area contributed by atoms with Gasteiger partial charge in [0.25, 0.3) is 0 Å². The van der Waals surface area contributed by atoms with Crippen LogP contribution in [0.15, 0.2) is 0 Å². The predicted molar refractivity (Wildman–Crippen MR) is 69.4 cm³/mol. The first-order valence-electron chi connectivity index (χ1n) is 6.50. The number of hydrogen-bond acceptors (Lipinski definition) is 3. The summed E-state index contributed by atoms with van der Waals surface area (Å²) in [7, 11) is -3.03. The lowest BCUT2D eigenvalue weighted by molar-refractivity contribution is 0.0729. The lowest BCUT2D eigenvalue weighted by Crippen LogP contribution is -2.60. The fourth-order valence-electron chi connectivity index (χ4n) is 2.85. The standard InChI is InChI=1S/C12H24N2O2S/c1-10(2)13-6-5-12(7-13)8-14(9-12)17(15,16)11(3)4/h10-11H,5-9H2,1-4H3. The van der Waals surface area contributed by atoms with E-state index in [9.17, 15) is 8.42 Å². The molecule has 0 radical (unpaired) electrons. The number of hydrogen-bond donors (Lipinski definition) is 0. The summed E-state index contributed by atoms with van der Waals surface area (Å²) >= 11 is 0. The number of rotatable bonds is 3. The molecule has 0 aromatic rings. The van der Waals surface area contributed by atoms with Gasteiger partial charge in [0.1, 0.15) is 0 Å². The van der Waals surface area contributed by atoms with Crippen molar-refractivity contribution in [3.8, 4) is 0 Å². The summed E-state index contributed by atoms with van der Waals surface area (Å²) in [5.74, 6) is 0. The van der Waals surface area contributed by atoms with Gasteiger partial charge in [-0.25, -0.2) is 12.7 Å². The second-order valence-electron chi connectivity index (χ2n) is 6.18. The van der Waals surface area contributed by atoms with Gasteiger partial charge in [-0.2, -0.15) is 0 Å². The van der Waals surface area contributed by atoms with E-state index in [1.807, 2.05) is 0 Å². The smallest absolute Gasteiger partial charge is 0.216 e. The molecule has 0 aromatic carbocycles. The van der Waals surface area contributed by atoms with Crippen LogP contribution in [0.3, 0.4) is 0 Å². The third kappa shape index (κ3) is 2.25. The van der Waals surface area contributed by atoms with Crippen LogP contribution in [0.5, 0.6) is 0 Å². The van der Waals surface area contributed by atoms with Gasteiger partial charge in [-0.1, -0.05) is 0 Å². The lowest BCUT2D eigenvalue weighted by Gasteiger charge is -2.47. The van der Waals surface area contributed by atoms with Crippen molar-refractivity contribution in [2.75, 3.05) is 26.2 Å². The van der Waals surface area contributed by atoms with Crippen molar-refractivity contribution in [3.05, 3.63) is 0 Å². The molecular formula is C12H24N2O2S. The van der Waals surface area contributed by atoms with Crippen molar-refractivity contribution in [3.63, 3.8) is 0 Å². The summed E-state index contributed by atoms with van der Waals surface area (Å²) in [5, 5.41) is -0.289. The van der Waals surface area contributed by atoms with Gasteiger partial charge in [-0.05, 0) is 40.7 Å². The Balaban J connectivity index is 1.96. The van der Waals surface area contributed by atoms with E-state index in [1.165, 1.54) is 0 Å². The Morgan fingerprint density at radius 2 is 1.65 bits per heavy atom. The average Bonchev–Trinajstić information content (AvgIpc) is 2.59. The predicted octanol–water partition coefficient (Wildman–Crippen LogP) is 1.14. The van der Waals surface area contributed by atoms with Gasteiger partial charge in [0.05, 0.1) is 5.25 Å². The topological polar surface area (TPSA) is 40.6 Å². The zero-order chi connectivity index (χ0) is 12.8. The van der Waals surface area contributed by atoms with E-state index < -0.39 is 10.0 Å². The second kappa shape index (κ2) is 4.21. The number of sulfonamides is 1. The molecule has 2 fully saturated rings. The third-order valence-electron chi connectivity index (χ3n) is 4.18. The zero-order valence-electron chi connectivity index (χ0n) is 11.3. The Bertz CT molecular complexity index is 383. The van der Waals surface area contributed by atoms with E-state index in [2.05, 4.69) is 18.7 Å². The number of nitrogens with zero attached hydrogens (tertiary/aromatic N) is 2. The van der Waals surface area contributed by atoms with E-state index >= 15 is 0 Å². The molecule has 2 heterocycles. The van der Waals surface area contributed by atoms with Crippen LogP contribution < -0.4 is 0 Å². The Morgan fingerprint density at radius 3 is 2.06 bits per heavy atom. The van der Waals surface area contributed by atoms with E-state index in [0.717, 1.165) is 32.6 Å². The third-order valence-corrected chi connectivity index (χ3v) is 6.35. The Morgan fingerprint density at radius 1 is 1.06 bits per heavy atom. The maximum atomic E-state index is 12.0. The molecule has 2 aliphatic heterocycles. The molecule has 2 saturated heterocycles. The van der Waals surface area contributed by atoms with Crippen molar-refractivity contribution in [1.29, 1.82) is 0 Å². The molecule has 17 heavy (non-hydrogen) atoms. The Labute approximate surface area is 105 Å². The van der Waals surface area contributed by atoms with Gasteiger partial charge in [-0.15, -0.1) is 0 Å². The fourth-order valence-corrected chi connectivity index (χ4v) is 4.35. The summed E-state index contributed by atoms with van der Waals surface area (Å²) in [5.41, 5.74) is 0.256. The van der Waals surface area contributed by atoms with Gasteiger partial charge in [0.2, 0.25) is 10.0 Å². The van der Waals surface area contributed by atoms with Crippen LogP contribution in [0, 0.1) is 5.41 Å². The van der Waals surface area contributed by atoms with Crippen LogP contribution >= 0.6 is 0 Å². The van der Waals surface area contributed by atoms with Gasteiger partial charge in [0.15, 0.2) is 0 Å². The number of likely N-dealkylation sites (tertiary alicyclic amines) is 1. The molecule has 5 heteroatoms. The molecule has 0 amide bonds. The van der Waals surface area contributed by atoms with Gasteiger partial charge < -0.3 is 4.90 Å². The normalized spacial score (nSPS) is 26.0. The van der Waals surface area contributed by atoms with Crippen molar-refractivity contribution in [2.24, 2.45) is 5.41 Å². The minimum atomic E-state index is -3.03. The summed E-state index contributed by atoms with van der Waals surface area (Å²) in [6, 6.07) is 0.574. The van der Waals surface area contributed by atoms with Crippen molar-refractivity contribution >= 4 is 10.0 Å². The molecule has 0 aliphatic carbocycles. The van der Waals surface area contributed by atoms with Gasteiger partial charge in [-0.3, -0.25) is 0 Å². The molecule has 4 nitrogen and oxygen atoms in total. The summed E-state index contributed by atoms with van der Waals surface area (Å²) < 4.78 is 25.6. The Kier molecular flexibility index (Phi) is 3.30. The largest absolute Gasteiger partial charge is 0.300 e. The molecule has 0 bridgehead atoms. The molecule has 100 valence electrons. The van der Waals surface area contributed by atoms with E-state index in [4.69, 9.17) is 0 Å². The van der Waals surface area contributed by atoms with Crippen molar-refractivity contribution < 1.29 is 8.42 Å². The van der Waals surface area contributed by atoms with Gasteiger partial charge >= 0.3 is 0 Å². The van der Waals surface area contributed by atoms with Gasteiger partial charge in [0, 0.05) is 31.1 Å². The first kappa shape index (κ1) is 13.3. The summed E-state index contributed by atoms with van der Waals surface area (Å²) in [4.78, 5) is 2.46. The zero-order valence-corrected chi connectivity index (χ0v) is 12.1. The van der Waals surface area contributed by atoms with Crippen LogP contribution in [-0.4, -0.2) is 55.1 Å². The average molecular weight is 260 g/mol. The summed E-state index contributed by atoms with van der Waals surface area (Å²) in [6.07, 6.45) is 1.15. The fraction of sp³-hybridized carbons (Fsp3) is 1.00. The second-order valence-corrected chi connectivity index (χ2v) is 8.67. The maximum Gasteiger partial charge on any atom is 0.216 e. The van der Waals surface area contributed by atoms with E-state index in [0.29, 0.717) is 6.04 Å². The molecule has 2 rings (SSSR count). The molecule has 0 aromatic heterocycles. The minimum absolute atomic E-state index is 0.256. The molecular weight excluding hydrogens is 236 g/mol. The molecule has 0 N–H and O–H groups in total. The molecule has 2 aliphatic rings.